The first kappa shape index (κ1) is 11.5. The summed E-state index contributed by atoms with van der Waals surface area (Å²) in [7, 11) is 0. The standard InChI is InChI=1S/C10H20O2/c1-4-9(3)6-7-10(5-2)12-8-11/h8-10H,4-7H2,1-3H3. The number of rotatable bonds is 7. The monoisotopic (exact) mass is 172 g/mol. The second-order valence-electron chi connectivity index (χ2n) is 3.35. The summed E-state index contributed by atoms with van der Waals surface area (Å²) in [6.45, 7) is 7.02. The number of hydrogen-bond acceptors (Lipinski definition) is 2. The Labute approximate surface area is 75.3 Å². The van der Waals surface area contributed by atoms with E-state index in [1.165, 1.54) is 6.42 Å². The van der Waals surface area contributed by atoms with Gasteiger partial charge in [0.15, 0.2) is 0 Å². The van der Waals surface area contributed by atoms with Crippen molar-refractivity contribution in [3.8, 4) is 0 Å². The molecule has 0 aliphatic rings. The van der Waals surface area contributed by atoms with Crippen LogP contribution < -0.4 is 0 Å². The van der Waals surface area contributed by atoms with Gasteiger partial charge in [0.25, 0.3) is 6.47 Å². The van der Waals surface area contributed by atoms with Crippen molar-refractivity contribution in [3.63, 3.8) is 0 Å². The molecule has 0 bridgehead atoms. The van der Waals surface area contributed by atoms with Crippen LogP contribution in [0.4, 0.5) is 0 Å². The zero-order chi connectivity index (χ0) is 9.40. The summed E-state index contributed by atoms with van der Waals surface area (Å²) >= 11 is 0. The molecule has 12 heavy (non-hydrogen) atoms. The van der Waals surface area contributed by atoms with Gasteiger partial charge in [-0.2, -0.15) is 0 Å². The van der Waals surface area contributed by atoms with Crippen molar-refractivity contribution < 1.29 is 9.53 Å². The maximum Gasteiger partial charge on any atom is 0.293 e. The van der Waals surface area contributed by atoms with Gasteiger partial charge in [0.2, 0.25) is 0 Å². The number of ether oxygens (including phenoxy) is 1. The maximum absolute atomic E-state index is 10.1. The summed E-state index contributed by atoms with van der Waals surface area (Å²) in [5, 5.41) is 0. The van der Waals surface area contributed by atoms with Crippen molar-refractivity contribution in [2.24, 2.45) is 5.92 Å². The predicted molar refractivity (Wildman–Crippen MR) is 49.9 cm³/mol. The minimum atomic E-state index is 0.136. The van der Waals surface area contributed by atoms with Crippen LogP contribution in [0.5, 0.6) is 0 Å². The van der Waals surface area contributed by atoms with E-state index in [4.69, 9.17) is 4.74 Å². The smallest absolute Gasteiger partial charge is 0.293 e. The molecule has 0 heterocycles. The molecule has 2 atom stereocenters. The Morgan fingerprint density at radius 3 is 2.33 bits per heavy atom. The lowest BCUT2D eigenvalue weighted by Crippen LogP contribution is -2.11. The SMILES string of the molecule is CCC(C)CCC(CC)OC=O. The molecule has 0 aromatic rings. The van der Waals surface area contributed by atoms with E-state index >= 15 is 0 Å². The van der Waals surface area contributed by atoms with Crippen LogP contribution in [0.15, 0.2) is 0 Å². The van der Waals surface area contributed by atoms with Crippen LogP contribution in [0.2, 0.25) is 0 Å². The largest absolute Gasteiger partial charge is 0.465 e. The first-order valence-corrected chi connectivity index (χ1v) is 4.83. The van der Waals surface area contributed by atoms with Gasteiger partial charge in [0.05, 0.1) is 0 Å². The van der Waals surface area contributed by atoms with E-state index in [0.717, 1.165) is 25.2 Å². The van der Waals surface area contributed by atoms with Crippen molar-refractivity contribution in [2.75, 3.05) is 0 Å². The summed E-state index contributed by atoms with van der Waals surface area (Å²) in [4.78, 5) is 10.1. The van der Waals surface area contributed by atoms with Crippen LogP contribution in [0.1, 0.15) is 46.5 Å². The van der Waals surface area contributed by atoms with Crippen LogP contribution >= 0.6 is 0 Å². The fourth-order valence-electron chi connectivity index (χ4n) is 1.12. The van der Waals surface area contributed by atoms with E-state index in [2.05, 4.69) is 13.8 Å². The molecule has 2 unspecified atom stereocenters. The molecule has 2 heteroatoms. The highest BCUT2D eigenvalue weighted by molar-refractivity contribution is 5.37. The Bertz CT molecular complexity index is 112. The van der Waals surface area contributed by atoms with Gasteiger partial charge in [-0.1, -0.05) is 27.2 Å². The minimum absolute atomic E-state index is 0.136. The van der Waals surface area contributed by atoms with E-state index in [1.807, 2.05) is 6.92 Å². The van der Waals surface area contributed by atoms with E-state index in [1.54, 1.807) is 0 Å². The molecule has 0 aromatic heterocycles. The summed E-state index contributed by atoms with van der Waals surface area (Å²) < 4.78 is 4.91. The Morgan fingerprint density at radius 1 is 1.25 bits per heavy atom. The number of carbonyl (C=O) groups is 1. The van der Waals surface area contributed by atoms with E-state index in [-0.39, 0.29) is 6.10 Å². The Morgan fingerprint density at radius 2 is 1.92 bits per heavy atom. The van der Waals surface area contributed by atoms with Crippen molar-refractivity contribution in [1.82, 2.24) is 0 Å². The topological polar surface area (TPSA) is 26.3 Å². The summed E-state index contributed by atoms with van der Waals surface area (Å²) in [6, 6.07) is 0. The molecular weight excluding hydrogens is 152 g/mol. The van der Waals surface area contributed by atoms with Crippen LogP contribution in [0.25, 0.3) is 0 Å². The van der Waals surface area contributed by atoms with Gasteiger partial charge in [-0.3, -0.25) is 4.79 Å². The molecule has 0 aliphatic carbocycles. The molecule has 2 nitrogen and oxygen atoms in total. The molecule has 0 rings (SSSR count). The molecule has 0 fully saturated rings. The summed E-state index contributed by atoms with van der Waals surface area (Å²) in [6.07, 6.45) is 4.43. The van der Waals surface area contributed by atoms with E-state index in [9.17, 15) is 4.79 Å². The fraction of sp³-hybridized carbons (Fsp3) is 0.900. The lowest BCUT2D eigenvalue weighted by Gasteiger charge is -2.14. The second-order valence-corrected chi connectivity index (χ2v) is 3.35. The lowest BCUT2D eigenvalue weighted by molar-refractivity contribution is -0.134. The Hall–Kier alpha value is -0.530. The zero-order valence-corrected chi connectivity index (χ0v) is 8.38. The van der Waals surface area contributed by atoms with Crippen LogP contribution in [-0.2, 0) is 9.53 Å². The first-order valence-electron chi connectivity index (χ1n) is 4.83. The average molecular weight is 172 g/mol. The third-order valence-electron chi connectivity index (χ3n) is 2.38. The predicted octanol–water partition coefficient (Wildman–Crippen LogP) is 2.76. The van der Waals surface area contributed by atoms with Gasteiger partial charge in [-0.15, -0.1) is 0 Å². The van der Waals surface area contributed by atoms with Gasteiger partial charge in [-0.25, -0.2) is 0 Å². The van der Waals surface area contributed by atoms with Crippen molar-refractivity contribution in [2.45, 2.75) is 52.6 Å². The summed E-state index contributed by atoms with van der Waals surface area (Å²) in [5.41, 5.74) is 0. The van der Waals surface area contributed by atoms with Gasteiger partial charge < -0.3 is 4.74 Å². The Kier molecular flexibility index (Phi) is 6.82. The van der Waals surface area contributed by atoms with Crippen LogP contribution in [0.3, 0.4) is 0 Å². The molecule has 0 radical (unpaired) electrons. The maximum atomic E-state index is 10.1. The van der Waals surface area contributed by atoms with Gasteiger partial charge in [-0.05, 0) is 25.2 Å². The molecule has 72 valence electrons. The average Bonchev–Trinajstić information content (AvgIpc) is 2.11. The second kappa shape index (κ2) is 7.14. The van der Waals surface area contributed by atoms with E-state index in [0.29, 0.717) is 6.47 Å². The normalized spacial score (nSPS) is 15.2. The minimum Gasteiger partial charge on any atom is -0.465 e. The highest BCUT2D eigenvalue weighted by Crippen LogP contribution is 2.14. The first-order chi connectivity index (χ1) is 5.74. The van der Waals surface area contributed by atoms with E-state index < -0.39 is 0 Å². The van der Waals surface area contributed by atoms with Gasteiger partial charge >= 0.3 is 0 Å². The van der Waals surface area contributed by atoms with Gasteiger partial charge in [0.1, 0.15) is 6.10 Å². The quantitative estimate of drug-likeness (QED) is 0.552. The molecule has 0 spiro atoms. The third kappa shape index (κ3) is 5.16. The fourth-order valence-corrected chi connectivity index (χ4v) is 1.12. The van der Waals surface area contributed by atoms with Crippen LogP contribution in [0, 0.1) is 5.92 Å². The molecule has 0 aliphatic heterocycles. The summed E-state index contributed by atoms with van der Waals surface area (Å²) in [5.74, 6) is 0.745. The van der Waals surface area contributed by atoms with Crippen molar-refractivity contribution >= 4 is 6.47 Å². The van der Waals surface area contributed by atoms with Crippen molar-refractivity contribution in [1.29, 1.82) is 0 Å². The number of carbonyl (C=O) groups excluding carboxylic acids is 1. The molecule has 0 aromatic carbocycles. The number of hydrogen-bond donors (Lipinski definition) is 0. The zero-order valence-electron chi connectivity index (χ0n) is 8.38. The third-order valence-corrected chi connectivity index (χ3v) is 2.38. The highest BCUT2D eigenvalue weighted by Gasteiger charge is 2.08. The van der Waals surface area contributed by atoms with Gasteiger partial charge in [0, 0.05) is 0 Å². The molecular formula is C10H20O2. The molecule has 0 saturated carbocycles. The molecule has 0 N–H and O–H groups in total. The molecule has 0 amide bonds. The molecule has 0 saturated heterocycles. The lowest BCUT2D eigenvalue weighted by atomic mass is 10.00. The van der Waals surface area contributed by atoms with Crippen LogP contribution in [-0.4, -0.2) is 12.6 Å². The highest BCUT2D eigenvalue weighted by atomic mass is 16.5. The Balaban J connectivity index is 3.49. The van der Waals surface area contributed by atoms with Crippen molar-refractivity contribution in [3.05, 3.63) is 0 Å².